The predicted molar refractivity (Wildman–Crippen MR) is 84.6 cm³/mol. The van der Waals surface area contributed by atoms with E-state index < -0.39 is 4.92 Å². The molecule has 0 amide bonds. The highest BCUT2D eigenvalue weighted by atomic mass is 16.6. The van der Waals surface area contributed by atoms with Crippen LogP contribution in [0, 0.1) is 16.0 Å². The maximum absolute atomic E-state index is 11.2. The molecule has 0 aliphatic carbocycles. The molecule has 118 valence electrons. The lowest BCUT2D eigenvalue weighted by molar-refractivity contribution is -0.383. The molecule has 0 saturated heterocycles. The number of unbranched alkanes of at least 4 members (excludes halogenated alkanes) is 1. The molecule has 1 rings (SSSR count). The van der Waals surface area contributed by atoms with Crippen LogP contribution in [-0.4, -0.2) is 28.0 Å². The van der Waals surface area contributed by atoms with Crippen LogP contribution in [0.3, 0.4) is 0 Å². The fourth-order valence-electron chi connectivity index (χ4n) is 1.94. The van der Waals surface area contributed by atoms with Crippen LogP contribution in [0.15, 0.2) is 6.33 Å². The van der Waals surface area contributed by atoms with Gasteiger partial charge in [0.1, 0.15) is 6.33 Å². The second-order valence-electron chi connectivity index (χ2n) is 5.42. The molecule has 1 aromatic heterocycles. The Balaban J connectivity index is 2.65. The lowest BCUT2D eigenvalue weighted by atomic mass is 10.1. The Morgan fingerprint density at radius 1 is 1.19 bits per heavy atom. The van der Waals surface area contributed by atoms with E-state index in [0.717, 1.165) is 25.7 Å². The van der Waals surface area contributed by atoms with Crippen LogP contribution in [-0.2, 0) is 0 Å². The van der Waals surface area contributed by atoms with Crippen LogP contribution in [0.2, 0.25) is 0 Å². The van der Waals surface area contributed by atoms with Crippen molar-refractivity contribution in [2.45, 2.75) is 46.5 Å². The summed E-state index contributed by atoms with van der Waals surface area (Å²) in [7, 11) is 0. The van der Waals surface area contributed by atoms with Crippen LogP contribution in [0.5, 0.6) is 0 Å². The Bertz CT molecular complexity index is 451. The largest absolute Gasteiger partial charge is 0.364 e. The van der Waals surface area contributed by atoms with Gasteiger partial charge >= 0.3 is 5.69 Å². The molecule has 0 atom stereocenters. The normalized spacial score (nSPS) is 10.7. The number of aromatic nitrogens is 2. The van der Waals surface area contributed by atoms with E-state index >= 15 is 0 Å². The Labute approximate surface area is 125 Å². The van der Waals surface area contributed by atoms with Crippen molar-refractivity contribution in [1.29, 1.82) is 0 Å². The SMILES string of the molecule is CCCNc1ncnc(NCCCCC(C)C)c1[N+](=O)[O-]. The molecule has 21 heavy (non-hydrogen) atoms. The number of rotatable bonds is 10. The molecule has 7 heteroatoms. The van der Waals surface area contributed by atoms with E-state index in [2.05, 4.69) is 34.4 Å². The highest BCUT2D eigenvalue weighted by Gasteiger charge is 2.22. The highest BCUT2D eigenvalue weighted by molar-refractivity contribution is 5.69. The van der Waals surface area contributed by atoms with Crippen LogP contribution in [0.1, 0.15) is 46.5 Å². The second-order valence-corrected chi connectivity index (χ2v) is 5.42. The predicted octanol–water partition coefficient (Wildman–Crippen LogP) is 3.44. The zero-order valence-electron chi connectivity index (χ0n) is 13.1. The molecule has 0 aliphatic heterocycles. The van der Waals surface area contributed by atoms with E-state index in [1.54, 1.807) is 0 Å². The molecule has 0 aliphatic rings. The summed E-state index contributed by atoms with van der Waals surface area (Å²) in [6, 6.07) is 0. The maximum Gasteiger partial charge on any atom is 0.353 e. The summed E-state index contributed by atoms with van der Waals surface area (Å²) in [4.78, 5) is 18.8. The minimum Gasteiger partial charge on any atom is -0.364 e. The first-order chi connectivity index (χ1) is 10.1. The molecular formula is C14H25N5O2. The highest BCUT2D eigenvalue weighted by Crippen LogP contribution is 2.28. The first-order valence-electron chi connectivity index (χ1n) is 7.53. The van der Waals surface area contributed by atoms with Crippen molar-refractivity contribution in [3.8, 4) is 0 Å². The third-order valence-electron chi connectivity index (χ3n) is 3.05. The maximum atomic E-state index is 11.2. The molecule has 2 N–H and O–H groups in total. The van der Waals surface area contributed by atoms with Gasteiger partial charge in [-0.05, 0) is 18.8 Å². The zero-order chi connectivity index (χ0) is 15.7. The van der Waals surface area contributed by atoms with E-state index in [-0.39, 0.29) is 17.3 Å². The molecule has 0 bridgehead atoms. The average molecular weight is 295 g/mol. The number of anilines is 2. The molecule has 0 aromatic carbocycles. The van der Waals surface area contributed by atoms with E-state index in [4.69, 9.17) is 0 Å². The summed E-state index contributed by atoms with van der Waals surface area (Å²) in [6.07, 6.45) is 5.46. The number of hydrogen-bond acceptors (Lipinski definition) is 6. The number of hydrogen-bond donors (Lipinski definition) is 2. The minimum absolute atomic E-state index is 0.0743. The molecule has 1 aromatic rings. The number of nitrogens with one attached hydrogen (secondary N) is 2. The van der Waals surface area contributed by atoms with Crippen LogP contribution in [0.25, 0.3) is 0 Å². The first kappa shape index (κ1) is 17.1. The van der Waals surface area contributed by atoms with Gasteiger partial charge in [-0.2, -0.15) is 0 Å². The van der Waals surface area contributed by atoms with Crippen molar-refractivity contribution in [1.82, 2.24) is 9.97 Å². The second kappa shape index (κ2) is 9.10. The van der Waals surface area contributed by atoms with Crippen molar-refractivity contribution in [2.24, 2.45) is 5.92 Å². The van der Waals surface area contributed by atoms with Crippen LogP contribution >= 0.6 is 0 Å². The van der Waals surface area contributed by atoms with Gasteiger partial charge in [-0.1, -0.05) is 33.6 Å². The van der Waals surface area contributed by atoms with E-state index in [9.17, 15) is 10.1 Å². The lowest BCUT2D eigenvalue weighted by Crippen LogP contribution is -2.11. The number of nitrogens with zero attached hydrogens (tertiary/aromatic N) is 3. The molecule has 7 nitrogen and oxygen atoms in total. The zero-order valence-corrected chi connectivity index (χ0v) is 13.1. The van der Waals surface area contributed by atoms with Crippen molar-refractivity contribution in [3.63, 3.8) is 0 Å². The minimum atomic E-state index is -0.436. The third-order valence-corrected chi connectivity index (χ3v) is 3.05. The van der Waals surface area contributed by atoms with Crippen molar-refractivity contribution in [2.75, 3.05) is 23.7 Å². The van der Waals surface area contributed by atoms with E-state index in [0.29, 0.717) is 19.0 Å². The fraction of sp³-hybridized carbons (Fsp3) is 0.714. The van der Waals surface area contributed by atoms with Gasteiger partial charge in [0, 0.05) is 13.1 Å². The number of nitro groups is 1. The summed E-state index contributed by atoms with van der Waals surface area (Å²) in [5.74, 6) is 1.25. The quantitative estimate of drug-likeness (QED) is 0.390. The molecule has 0 radical (unpaired) electrons. The van der Waals surface area contributed by atoms with Gasteiger partial charge in [-0.15, -0.1) is 0 Å². The summed E-state index contributed by atoms with van der Waals surface area (Å²) >= 11 is 0. The first-order valence-corrected chi connectivity index (χ1v) is 7.53. The summed E-state index contributed by atoms with van der Waals surface area (Å²) in [5, 5.41) is 17.3. The van der Waals surface area contributed by atoms with E-state index in [1.807, 2.05) is 6.92 Å². The molecular weight excluding hydrogens is 270 g/mol. The topological polar surface area (TPSA) is 93.0 Å². The van der Waals surface area contributed by atoms with Crippen LogP contribution in [0.4, 0.5) is 17.3 Å². The van der Waals surface area contributed by atoms with Crippen molar-refractivity contribution in [3.05, 3.63) is 16.4 Å². The monoisotopic (exact) mass is 295 g/mol. The standard InChI is InChI=1S/C14H25N5O2/c1-4-8-15-13-12(19(20)21)14(18-10-17-13)16-9-6-5-7-11(2)3/h10-11H,4-9H2,1-3H3,(H2,15,16,17,18). The van der Waals surface area contributed by atoms with Gasteiger partial charge in [0.15, 0.2) is 0 Å². The average Bonchev–Trinajstić information content (AvgIpc) is 2.44. The summed E-state index contributed by atoms with van der Waals surface area (Å²) < 4.78 is 0. The Morgan fingerprint density at radius 3 is 2.33 bits per heavy atom. The smallest absolute Gasteiger partial charge is 0.353 e. The van der Waals surface area contributed by atoms with E-state index in [1.165, 1.54) is 6.33 Å². The van der Waals surface area contributed by atoms with Gasteiger partial charge in [0.2, 0.25) is 11.6 Å². The Hall–Kier alpha value is -1.92. The third kappa shape index (κ3) is 5.93. The molecule has 0 spiro atoms. The molecule has 1 heterocycles. The summed E-state index contributed by atoms with van der Waals surface area (Å²) in [5.41, 5.74) is -0.0743. The van der Waals surface area contributed by atoms with Crippen molar-refractivity contribution >= 4 is 17.3 Å². The van der Waals surface area contributed by atoms with Gasteiger partial charge in [-0.3, -0.25) is 10.1 Å². The Morgan fingerprint density at radius 2 is 1.81 bits per heavy atom. The van der Waals surface area contributed by atoms with Gasteiger partial charge in [0.25, 0.3) is 0 Å². The molecule has 0 unspecified atom stereocenters. The van der Waals surface area contributed by atoms with Gasteiger partial charge in [0.05, 0.1) is 4.92 Å². The summed E-state index contributed by atoms with van der Waals surface area (Å²) in [6.45, 7) is 7.69. The fourth-order valence-corrected chi connectivity index (χ4v) is 1.94. The van der Waals surface area contributed by atoms with Gasteiger partial charge in [-0.25, -0.2) is 9.97 Å². The Kier molecular flexibility index (Phi) is 7.42. The lowest BCUT2D eigenvalue weighted by Gasteiger charge is -2.10. The van der Waals surface area contributed by atoms with Crippen molar-refractivity contribution < 1.29 is 4.92 Å². The van der Waals surface area contributed by atoms with Crippen LogP contribution < -0.4 is 10.6 Å². The van der Waals surface area contributed by atoms with Gasteiger partial charge < -0.3 is 10.6 Å². The molecule has 0 fully saturated rings. The molecule has 0 saturated carbocycles.